The molecule has 4 heteroatoms. The lowest BCUT2D eigenvalue weighted by Crippen LogP contribution is -2.03. The lowest BCUT2D eigenvalue weighted by molar-refractivity contribution is 0.101. The smallest absolute Gasteiger partial charge is 0.159 e. The van der Waals surface area contributed by atoms with Crippen LogP contribution in [-0.2, 0) is 6.54 Å². The van der Waals surface area contributed by atoms with E-state index in [1.54, 1.807) is 25.3 Å². The van der Waals surface area contributed by atoms with Gasteiger partial charge in [0.2, 0.25) is 0 Å². The number of pyridine rings is 1. The summed E-state index contributed by atoms with van der Waals surface area (Å²) in [6.07, 6.45) is 1.71. The van der Waals surface area contributed by atoms with E-state index in [0.29, 0.717) is 12.1 Å². The average molecular weight is 241 g/mol. The van der Waals surface area contributed by atoms with E-state index in [9.17, 15) is 4.79 Å². The van der Waals surface area contributed by atoms with Crippen LogP contribution < -0.4 is 11.1 Å². The van der Waals surface area contributed by atoms with Gasteiger partial charge in [-0.15, -0.1) is 0 Å². The van der Waals surface area contributed by atoms with Crippen molar-refractivity contribution < 1.29 is 4.79 Å². The van der Waals surface area contributed by atoms with Gasteiger partial charge in [0.05, 0.1) is 0 Å². The second-order valence-electron chi connectivity index (χ2n) is 3.97. The number of nitrogens with two attached hydrogens (primary N) is 1. The molecule has 1 heterocycles. The molecule has 92 valence electrons. The van der Waals surface area contributed by atoms with Gasteiger partial charge in [0.25, 0.3) is 0 Å². The topological polar surface area (TPSA) is 68.0 Å². The molecule has 2 rings (SSSR count). The lowest BCUT2D eigenvalue weighted by atomic mass is 10.1. The summed E-state index contributed by atoms with van der Waals surface area (Å²) in [5, 5.41) is 3.19. The minimum absolute atomic E-state index is 0.0574. The second-order valence-corrected chi connectivity index (χ2v) is 3.97. The van der Waals surface area contributed by atoms with Crippen LogP contribution in [0.2, 0.25) is 0 Å². The summed E-state index contributed by atoms with van der Waals surface area (Å²) in [6, 6.07) is 11.1. The van der Waals surface area contributed by atoms with E-state index in [2.05, 4.69) is 10.3 Å². The van der Waals surface area contributed by atoms with Gasteiger partial charge in [-0.3, -0.25) is 4.79 Å². The molecule has 4 nitrogen and oxygen atoms in total. The van der Waals surface area contributed by atoms with Gasteiger partial charge >= 0.3 is 0 Å². The summed E-state index contributed by atoms with van der Waals surface area (Å²) < 4.78 is 0. The molecule has 0 aliphatic rings. The number of ketones is 1. The summed E-state index contributed by atoms with van der Waals surface area (Å²) in [5.74, 6) is 0.803. The van der Waals surface area contributed by atoms with E-state index in [4.69, 9.17) is 5.73 Å². The van der Waals surface area contributed by atoms with Crippen LogP contribution in [0, 0.1) is 0 Å². The van der Waals surface area contributed by atoms with Gasteiger partial charge in [-0.25, -0.2) is 4.98 Å². The highest BCUT2D eigenvalue weighted by Crippen LogP contribution is 2.18. The van der Waals surface area contributed by atoms with Crippen molar-refractivity contribution in [1.29, 1.82) is 0 Å². The standard InChI is InChI=1S/C14H15N3O/c1-10(18)11-4-6-13(7-5-11)17-14-12(9-15)3-2-8-16-14/h2-8H,9,15H2,1H3,(H,16,17). The molecular formula is C14H15N3O. The molecule has 18 heavy (non-hydrogen) atoms. The Balaban J connectivity index is 2.21. The van der Waals surface area contributed by atoms with E-state index in [0.717, 1.165) is 17.1 Å². The van der Waals surface area contributed by atoms with Crippen molar-refractivity contribution >= 4 is 17.3 Å². The van der Waals surface area contributed by atoms with Crippen molar-refractivity contribution in [3.8, 4) is 0 Å². The van der Waals surface area contributed by atoms with E-state index in [-0.39, 0.29) is 5.78 Å². The van der Waals surface area contributed by atoms with E-state index in [1.807, 2.05) is 24.3 Å². The molecule has 3 N–H and O–H groups in total. The Morgan fingerprint density at radius 2 is 2.00 bits per heavy atom. The fourth-order valence-electron chi connectivity index (χ4n) is 1.64. The van der Waals surface area contributed by atoms with Gasteiger partial charge < -0.3 is 11.1 Å². The maximum atomic E-state index is 11.2. The number of hydrogen-bond acceptors (Lipinski definition) is 4. The normalized spacial score (nSPS) is 10.1. The summed E-state index contributed by atoms with van der Waals surface area (Å²) in [4.78, 5) is 15.4. The molecule has 1 aromatic carbocycles. The molecule has 0 saturated carbocycles. The fraction of sp³-hybridized carbons (Fsp3) is 0.143. The number of hydrogen-bond donors (Lipinski definition) is 2. The Morgan fingerprint density at radius 3 is 2.61 bits per heavy atom. The SMILES string of the molecule is CC(=O)c1ccc(Nc2ncccc2CN)cc1. The number of nitrogens with zero attached hydrogens (tertiary/aromatic N) is 1. The third kappa shape index (κ3) is 2.73. The van der Waals surface area contributed by atoms with Crippen LogP contribution in [0.3, 0.4) is 0 Å². The number of nitrogens with one attached hydrogen (secondary N) is 1. The molecule has 0 saturated heterocycles. The molecule has 0 aliphatic heterocycles. The van der Waals surface area contributed by atoms with Crippen molar-refractivity contribution in [2.24, 2.45) is 5.73 Å². The van der Waals surface area contributed by atoms with Gasteiger partial charge in [0.15, 0.2) is 5.78 Å². The molecule has 0 amide bonds. The minimum Gasteiger partial charge on any atom is -0.340 e. The Bertz CT molecular complexity index is 549. The highest BCUT2D eigenvalue weighted by atomic mass is 16.1. The Kier molecular flexibility index (Phi) is 3.69. The first kappa shape index (κ1) is 12.3. The van der Waals surface area contributed by atoms with E-state index < -0.39 is 0 Å². The molecule has 0 aliphatic carbocycles. The number of anilines is 2. The summed E-state index contributed by atoms with van der Waals surface area (Å²) in [6.45, 7) is 1.98. The summed E-state index contributed by atoms with van der Waals surface area (Å²) in [7, 11) is 0. The van der Waals surface area contributed by atoms with Gasteiger partial charge in [-0.2, -0.15) is 0 Å². The molecule has 1 aromatic heterocycles. The van der Waals surface area contributed by atoms with Gasteiger partial charge in [0, 0.05) is 29.6 Å². The molecule has 0 bridgehead atoms. The maximum absolute atomic E-state index is 11.2. The Hall–Kier alpha value is -2.20. The largest absolute Gasteiger partial charge is 0.340 e. The average Bonchev–Trinajstić information content (AvgIpc) is 2.40. The lowest BCUT2D eigenvalue weighted by Gasteiger charge is -2.09. The van der Waals surface area contributed by atoms with Crippen LogP contribution in [0.15, 0.2) is 42.6 Å². The molecule has 0 unspecified atom stereocenters. The quantitative estimate of drug-likeness (QED) is 0.807. The monoisotopic (exact) mass is 241 g/mol. The number of aromatic nitrogens is 1. The molecule has 0 fully saturated rings. The molecule has 0 radical (unpaired) electrons. The van der Waals surface area contributed by atoms with Crippen LogP contribution in [0.1, 0.15) is 22.8 Å². The van der Waals surface area contributed by atoms with Gasteiger partial charge in [-0.1, -0.05) is 6.07 Å². The number of carbonyl (C=O) groups excluding carboxylic acids is 1. The zero-order valence-corrected chi connectivity index (χ0v) is 10.2. The number of benzene rings is 1. The summed E-state index contributed by atoms with van der Waals surface area (Å²) >= 11 is 0. The van der Waals surface area contributed by atoms with E-state index >= 15 is 0 Å². The number of carbonyl (C=O) groups is 1. The Labute approximate surface area is 106 Å². The van der Waals surface area contributed by atoms with Crippen LogP contribution >= 0.6 is 0 Å². The number of rotatable bonds is 4. The van der Waals surface area contributed by atoms with Crippen molar-refractivity contribution in [3.05, 3.63) is 53.7 Å². The van der Waals surface area contributed by atoms with Crippen molar-refractivity contribution in [1.82, 2.24) is 4.98 Å². The van der Waals surface area contributed by atoms with Crippen LogP contribution in [-0.4, -0.2) is 10.8 Å². The third-order valence-electron chi connectivity index (χ3n) is 2.67. The van der Waals surface area contributed by atoms with Crippen LogP contribution in [0.25, 0.3) is 0 Å². The van der Waals surface area contributed by atoms with Crippen molar-refractivity contribution in [2.45, 2.75) is 13.5 Å². The first-order chi connectivity index (χ1) is 8.70. The molecule has 0 spiro atoms. The van der Waals surface area contributed by atoms with Crippen molar-refractivity contribution in [3.63, 3.8) is 0 Å². The second kappa shape index (κ2) is 5.42. The van der Waals surface area contributed by atoms with Gasteiger partial charge in [-0.05, 0) is 37.3 Å². The first-order valence-corrected chi connectivity index (χ1v) is 5.72. The van der Waals surface area contributed by atoms with Crippen molar-refractivity contribution in [2.75, 3.05) is 5.32 Å². The molecule has 0 atom stereocenters. The van der Waals surface area contributed by atoms with Gasteiger partial charge in [0.1, 0.15) is 5.82 Å². The number of Topliss-reactive ketones (excluding diaryl/α,β-unsaturated/α-hetero) is 1. The van der Waals surface area contributed by atoms with Crippen LogP contribution in [0.4, 0.5) is 11.5 Å². The zero-order chi connectivity index (χ0) is 13.0. The Morgan fingerprint density at radius 1 is 1.28 bits per heavy atom. The summed E-state index contributed by atoms with van der Waals surface area (Å²) in [5.41, 5.74) is 8.17. The van der Waals surface area contributed by atoms with Crippen LogP contribution in [0.5, 0.6) is 0 Å². The predicted octanol–water partition coefficient (Wildman–Crippen LogP) is 2.49. The van der Waals surface area contributed by atoms with E-state index in [1.165, 1.54) is 0 Å². The minimum atomic E-state index is 0.0574. The highest BCUT2D eigenvalue weighted by Gasteiger charge is 2.03. The zero-order valence-electron chi connectivity index (χ0n) is 10.2. The molecular weight excluding hydrogens is 226 g/mol. The fourth-order valence-corrected chi connectivity index (χ4v) is 1.64. The third-order valence-corrected chi connectivity index (χ3v) is 2.67. The predicted molar refractivity (Wildman–Crippen MR) is 71.9 cm³/mol. The molecule has 2 aromatic rings. The first-order valence-electron chi connectivity index (χ1n) is 5.72. The highest BCUT2D eigenvalue weighted by molar-refractivity contribution is 5.94. The maximum Gasteiger partial charge on any atom is 0.159 e.